The number of aliphatic hydroxyl groups excluding tert-OH is 1. The summed E-state index contributed by atoms with van der Waals surface area (Å²) in [5, 5.41) is 42.0. The molecule has 0 aliphatic carbocycles. The van der Waals surface area contributed by atoms with E-state index in [0.29, 0.717) is 69.2 Å². The number of phenolic OH excluding ortho intramolecular Hbond substituents is 1. The maximum absolute atomic E-state index is 16.1. The van der Waals surface area contributed by atoms with E-state index in [0.717, 1.165) is 4.90 Å². The average molecular weight is 1370 g/mol. The van der Waals surface area contributed by atoms with E-state index in [9.17, 15) is 39.0 Å². The molecule has 0 spiro atoms. The van der Waals surface area contributed by atoms with Gasteiger partial charge in [0.25, 0.3) is 0 Å². The molecule has 9 amide bonds. The molecule has 99 heavy (non-hydrogen) atoms. The van der Waals surface area contributed by atoms with Gasteiger partial charge in [-0.3, -0.25) is 47.9 Å². The summed E-state index contributed by atoms with van der Waals surface area (Å²) in [6.45, 7) is 0.209. The molecule has 6 aromatic carbocycles. The van der Waals surface area contributed by atoms with Gasteiger partial charge in [-0.25, -0.2) is 0 Å². The van der Waals surface area contributed by atoms with Crippen LogP contribution in [0.15, 0.2) is 176 Å². The number of nitrogens with one attached hydrogen (secondary N) is 9. The van der Waals surface area contributed by atoms with Crippen LogP contribution in [0.4, 0.5) is 0 Å². The number of nitrogens with two attached hydrogens (primary N) is 3. The number of rotatable bonds is 37. The van der Waals surface area contributed by atoms with E-state index in [2.05, 4.69) is 47.2 Å². The highest BCUT2D eigenvalue weighted by molar-refractivity contribution is 7.98. The van der Waals surface area contributed by atoms with Crippen LogP contribution in [0.2, 0.25) is 0 Å². The molecule has 0 aliphatic rings. The van der Waals surface area contributed by atoms with Gasteiger partial charge in [-0.1, -0.05) is 140 Å². The van der Waals surface area contributed by atoms with Crippen LogP contribution in [0.1, 0.15) is 76.8 Å². The summed E-state index contributed by atoms with van der Waals surface area (Å²) in [6, 6.07) is 31.5. The number of carbonyl (C=O) groups excluding carboxylic acids is 10. The number of aliphatic hydroxyl groups is 1. The molecule has 0 radical (unpaired) electrons. The number of phenols is 1. The number of aromatic hydroxyl groups is 1. The predicted molar refractivity (Wildman–Crippen MR) is 377 cm³/mol. The second-order valence-corrected chi connectivity index (χ2v) is 25.0. The second kappa shape index (κ2) is 36.6. The lowest BCUT2D eigenvalue weighted by Gasteiger charge is -2.39. The fourth-order valence-corrected chi connectivity index (χ4v) is 12.1. The van der Waals surface area contributed by atoms with E-state index in [-0.39, 0.29) is 55.4 Å². The first-order valence-corrected chi connectivity index (χ1v) is 34.0. The van der Waals surface area contributed by atoms with Crippen LogP contribution < -0.4 is 54.4 Å². The molecule has 25 nitrogen and oxygen atoms in total. The van der Waals surface area contributed by atoms with Crippen LogP contribution >= 0.6 is 11.8 Å². The van der Waals surface area contributed by atoms with Gasteiger partial charge in [-0.2, -0.15) is 11.8 Å². The van der Waals surface area contributed by atoms with Crippen molar-refractivity contribution < 1.29 is 58.2 Å². The number of para-hydroxylation sites is 2. The number of primary amides is 1. The maximum atomic E-state index is 16.1. The standard InChI is InChI=1S/C73H85N13O12S/c1-44(79-67(92)57(33-35-99-2)80-63(89)40-75)73(98)86(64(47-20-8-4-9-21-47)65(90)48-22-10-5-11-23-48)62(37-46-29-31-51(88)32-30-46)72(97)84-60(39-50-42-78-55-27-15-13-25-53(50)55)70(95)85-61(43-87)71(96)83-59(38-49-41-77-54-26-14-12-24-52(49)54)69(94)82-58(36-45-18-6-3-7-19-45)68(93)81-56(66(76)91)28-16-17-34-74/h3-15,18-27,29-32,41-42,44,56-62,64,77-78,87-88H,16-17,28,33-40,43,74-75H2,1-2H3,(H2,76,91)(H,79,92)(H,80,89)(H,81,93)(H,82,94)(H,83,96)(H,84,97)(H,85,95)/t44-,56-,57-,58+,59-,60+,61-,62-,64?/m0/s1. The molecule has 2 aromatic heterocycles. The zero-order valence-electron chi connectivity index (χ0n) is 55.0. The number of aromatic amines is 2. The van der Waals surface area contributed by atoms with E-state index in [1.54, 1.807) is 146 Å². The first kappa shape index (κ1) is 74.1. The smallest absolute Gasteiger partial charge is 0.246 e. The van der Waals surface area contributed by atoms with Gasteiger partial charge in [0.2, 0.25) is 53.2 Å². The van der Waals surface area contributed by atoms with Crippen molar-refractivity contribution >= 4 is 92.5 Å². The minimum absolute atomic E-state index is 0.0672. The van der Waals surface area contributed by atoms with E-state index in [1.165, 1.54) is 43.0 Å². The van der Waals surface area contributed by atoms with Crippen molar-refractivity contribution in [1.82, 2.24) is 52.1 Å². The summed E-state index contributed by atoms with van der Waals surface area (Å²) in [5.41, 5.74) is 20.9. The van der Waals surface area contributed by atoms with Gasteiger partial charge in [0.1, 0.15) is 60.1 Å². The van der Waals surface area contributed by atoms with Crippen molar-refractivity contribution in [2.24, 2.45) is 17.2 Å². The molecule has 9 atom stereocenters. The molecule has 1 unspecified atom stereocenters. The fraction of sp³-hybridized carbons (Fsp3) is 0.315. The maximum Gasteiger partial charge on any atom is 0.246 e. The van der Waals surface area contributed by atoms with Crippen LogP contribution in [-0.4, -0.2) is 164 Å². The molecule has 0 fully saturated rings. The third kappa shape index (κ3) is 20.5. The molecule has 8 aromatic rings. The molecule has 0 saturated heterocycles. The summed E-state index contributed by atoms with van der Waals surface area (Å²) < 4.78 is 0. The number of hydrogen-bond acceptors (Lipinski definition) is 15. The van der Waals surface area contributed by atoms with Gasteiger partial charge in [0, 0.05) is 65.4 Å². The Morgan fingerprint density at radius 1 is 0.505 bits per heavy atom. The van der Waals surface area contributed by atoms with Crippen LogP contribution in [0.5, 0.6) is 5.75 Å². The van der Waals surface area contributed by atoms with Gasteiger partial charge >= 0.3 is 0 Å². The molecule has 0 aliphatic heterocycles. The Hall–Kier alpha value is -10.7. The SMILES string of the molecule is CSCC[C@H](NC(=O)CN)C(=O)N[C@@H](C)C(=O)N(C(C(=O)c1ccccc1)c1ccccc1)[C@@H](Cc1ccc(O)cc1)C(=O)N[C@H](Cc1c[nH]c2ccccc12)C(=O)N[C@@H](CO)C(=O)N[C@@H](Cc1c[nH]c2ccccc12)C(=O)N[C@H](Cc1ccccc1)C(=O)N[C@@H](CCCCN)C(N)=O. The number of benzene rings is 6. The first-order valence-electron chi connectivity index (χ1n) is 32.6. The number of thioether (sulfide) groups is 1. The Morgan fingerprint density at radius 2 is 0.980 bits per heavy atom. The quantitative estimate of drug-likeness (QED) is 0.0196. The summed E-state index contributed by atoms with van der Waals surface area (Å²) in [5.74, 6) is -8.24. The van der Waals surface area contributed by atoms with Gasteiger partial charge in [0.05, 0.1) is 13.2 Å². The Bertz CT molecular complexity index is 4060. The zero-order valence-corrected chi connectivity index (χ0v) is 55.8. The number of carbonyl (C=O) groups is 10. The van der Waals surface area contributed by atoms with Crippen LogP contribution in [0.25, 0.3) is 21.8 Å². The summed E-state index contributed by atoms with van der Waals surface area (Å²) in [7, 11) is 0. The molecule has 0 bridgehead atoms. The third-order valence-electron chi connectivity index (χ3n) is 16.9. The van der Waals surface area contributed by atoms with Crippen molar-refractivity contribution in [2.45, 2.75) is 113 Å². The molecule has 520 valence electrons. The number of fused-ring (bicyclic) bond motifs is 2. The molecule has 2 heterocycles. The molecular formula is C73H85N13O12S. The number of H-pyrrole nitrogens is 2. The molecule has 17 N–H and O–H groups in total. The summed E-state index contributed by atoms with van der Waals surface area (Å²) in [4.78, 5) is 154. The normalized spacial score (nSPS) is 13.9. The Balaban J connectivity index is 1.18. The fourth-order valence-electron chi connectivity index (χ4n) is 11.7. The van der Waals surface area contributed by atoms with Crippen LogP contribution in [0, 0.1) is 0 Å². The zero-order chi connectivity index (χ0) is 71.0. The Morgan fingerprint density at radius 3 is 1.52 bits per heavy atom. The van der Waals surface area contributed by atoms with Crippen molar-refractivity contribution in [3.63, 3.8) is 0 Å². The average Bonchev–Trinajstić information content (AvgIpc) is 1.37. The number of aromatic nitrogens is 2. The molecule has 0 saturated carbocycles. The Kier molecular flexibility index (Phi) is 27.4. The van der Waals surface area contributed by atoms with Crippen molar-refractivity contribution in [3.8, 4) is 5.75 Å². The lowest BCUT2D eigenvalue weighted by Crippen LogP contribution is -2.62. The van der Waals surface area contributed by atoms with Crippen LogP contribution in [0.3, 0.4) is 0 Å². The third-order valence-corrected chi connectivity index (χ3v) is 17.6. The number of Topliss-reactive ketones (excluding diaryl/α,β-unsaturated/α-hetero) is 1. The second-order valence-electron chi connectivity index (χ2n) is 24.0. The molecular weight excluding hydrogens is 1280 g/mol. The van der Waals surface area contributed by atoms with Crippen molar-refractivity contribution in [1.29, 1.82) is 0 Å². The van der Waals surface area contributed by atoms with E-state index in [4.69, 9.17) is 17.2 Å². The largest absolute Gasteiger partial charge is 0.508 e. The summed E-state index contributed by atoms with van der Waals surface area (Å²) in [6.07, 6.45) is 5.47. The molecule has 26 heteroatoms. The van der Waals surface area contributed by atoms with Crippen LogP contribution in [-0.2, 0) is 68.8 Å². The summed E-state index contributed by atoms with van der Waals surface area (Å²) >= 11 is 1.41. The van der Waals surface area contributed by atoms with E-state index in [1.807, 2.05) is 12.3 Å². The number of ketones is 1. The van der Waals surface area contributed by atoms with Gasteiger partial charge < -0.3 is 79.5 Å². The highest BCUT2D eigenvalue weighted by Gasteiger charge is 2.44. The highest BCUT2D eigenvalue weighted by Crippen LogP contribution is 2.31. The predicted octanol–water partition coefficient (Wildman–Crippen LogP) is 3.18. The topological polar surface area (TPSA) is 408 Å². The lowest BCUT2D eigenvalue weighted by molar-refractivity contribution is -0.146. The number of nitrogens with zero attached hydrogens (tertiary/aromatic N) is 1. The monoisotopic (exact) mass is 1370 g/mol. The number of amides is 9. The molecule has 8 rings (SSSR count). The minimum Gasteiger partial charge on any atom is -0.508 e. The van der Waals surface area contributed by atoms with Crippen molar-refractivity contribution in [2.75, 3.05) is 31.7 Å². The van der Waals surface area contributed by atoms with Gasteiger partial charge in [0.15, 0.2) is 5.78 Å². The number of hydrogen-bond donors (Lipinski definition) is 14. The first-order chi connectivity index (χ1) is 47.8. The van der Waals surface area contributed by atoms with Gasteiger partial charge in [-0.15, -0.1) is 0 Å². The highest BCUT2D eigenvalue weighted by atomic mass is 32.2. The Labute approximate surface area is 576 Å². The van der Waals surface area contributed by atoms with Gasteiger partial charge in [-0.05, 0) is 103 Å². The minimum atomic E-state index is -1.85. The lowest BCUT2D eigenvalue weighted by atomic mass is 9.91. The number of unbranched alkanes of at least 4 members (excludes halogenated alkanes) is 1. The van der Waals surface area contributed by atoms with Crippen molar-refractivity contribution in [3.05, 3.63) is 210 Å². The van der Waals surface area contributed by atoms with E-state index < -0.39 is 126 Å². The van der Waals surface area contributed by atoms with E-state index >= 15 is 19.2 Å².